The third kappa shape index (κ3) is 5.33. The topological polar surface area (TPSA) is 98.5 Å². The molecule has 0 bridgehead atoms. The Balaban J connectivity index is 4.01. The maximum atomic E-state index is 11.3. The molecule has 6 nitrogen and oxygen atoms in total. The van der Waals surface area contributed by atoms with Crippen molar-refractivity contribution in [3.05, 3.63) is 0 Å². The van der Waals surface area contributed by atoms with Crippen molar-refractivity contribution in [1.82, 2.24) is 5.32 Å². The minimum atomic E-state index is -1.11. The van der Waals surface area contributed by atoms with Crippen LogP contribution in [-0.4, -0.2) is 29.9 Å². The van der Waals surface area contributed by atoms with Gasteiger partial charge >= 0.3 is 5.97 Å². The fourth-order valence-corrected chi connectivity index (χ4v) is 0.921. The van der Waals surface area contributed by atoms with Crippen LogP contribution in [0.5, 0.6) is 0 Å². The summed E-state index contributed by atoms with van der Waals surface area (Å²) in [4.78, 5) is 33.2. The minimum absolute atomic E-state index is 0.00544. The molecule has 0 fully saturated rings. The van der Waals surface area contributed by atoms with Gasteiger partial charge in [0.2, 0.25) is 11.8 Å². The highest BCUT2D eigenvalue weighted by atomic mass is 16.5. The molecular weight excluding hydrogens is 212 g/mol. The molecule has 2 amide bonds. The van der Waals surface area contributed by atoms with Crippen LogP contribution in [0.4, 0.5) is 0 Å². The largest absolute Gasteiger partial charge is 0.466 e. The first-order chi connectivity index (χ1) is 7.29. The Hall–Kier alpha value is -1.59. The van der Waals surface area contributed by atoms with Gasteiger partial charge in [0.25, 0.3) is 0 Å². The van der Waals surface area contributed by atoms with Crippen molar-refractivity contribution in [3.63, 3.8) is 0 Å². The lowest BCUT2D eigenvalue weighted by atomic mass is 10.0. The molecule has 0 aromatic heterocycles. The lowest BCUT2D eigenvalue weighted by molar-refractivity contribution is -0.144. The summed E-state index contributed by atoms with van der Waals surface area (Å²) in [6, 6.07) is 0. The van der Waals surface area contributed by atoms with Crippen LogP contribution in [0.1, 0.15) is 33.6 Å². The van der Waals surface area contributed by atoms with Crippen molar-refractivity contribution in [1.29, 1.82) is 0 Å². The highest BCUT2D eigenvalue weighted by molar-refractivity contribution is 5.90. The summed E-state index contributed by atoms with van der Waals surface area (Å²) < 4.78 is 4.66. The van der Waals surface area contributed by atoms with Gasteiger partial charge < -0.3 is 15.8 Å². The van der Waals surface area contributed by atoms with Gasteiger partial charge in [-0.3, -0.25) is 14.4 Å². The van der Waals surface area contributed by atoms with Gasteiger partial charge in [-0.1, -0.05) is 0 Å². The monoisotopic (exact) mass is 230 g/mol. The first-order valence-electron chi connectivity index (χ1n) is 5.06. The van der Waals surface area contributed by atoms with Crippen molar-refractivity contribution < 1.29 is 19.1 Å². The summed E-state index contributed by atoms with van der Waals surface area (Å²) in [7, 11) is 0. The number of nitrogens with one attached hydrogen (secondary N) is 1. The molecule has 16 heavy (non-hydrogen) atoms. The number of ether oxygens (including phenoxy) is 1. The molecule has 0 aromatic carbocycles. The number of carbonyl (C=O) groups is 3. The van der Waals surface area contributed by atoms with Crippen molar-refractivity contribution in [2.75, 3.05) is 6.61 Å². The van der Waals surface area contributed by atoms with E-state index >= 15 is 0 Å². The Labute approximate surface area is 94.5 Å². The summed E-state index contributed by atoms with van der Waals surface area (Å²) in [5.41, 5.74) is 3.97. The van der Waals surface area contributed by atoms with E-state index in [4.69, 9.17) is 5.73 Å². The molecule has 3 N–H and O–H groups in total. The van der Waals surface area contributed by atoms with E-state index < -0.39 is 23.3 Å². The van der Waals surface area contributed by atoms with E-state index in [1.807, 2.05) is 0 Å². The van der Waals surface area contributed by atoms with Gasteiger partial charge in [0.1, 0.15) is 5.54 Å². The van der Waals surface area contributed by atoms with Crippen LogP contribution in [0.3, 0.4) is 0 Å². The van der Waals surface area contributed by atoms with Crippen molar-refractivity contribution in [3.8, 4) is 0 Å². The molecule has 0 saturated carbocycles. The van der Waals surface area contributed by atoms with E-state index in [0.29, 0.717) is 0 Å². The smallest absolute Gasteiger partial charge is 0.306 e. The predicted octanol–water partition coefficient (Wildman–Crippen LogP) is -0.290. The molecule has 0 aromatic rings. The van der Waals surface area contributed by atoms with Gasteiger partial charge in [-0.25, -0.2) is 0 Å². The van der Waals surface area contributed by atoms with Gasteiger partial charge in [-0.15, -0.1) is 0 Å². The van der Waals surface area contributed by atoms with Crippen molar-refractivity contribution >= 4 is 17.8 Å². The van der Waals surface area contributed by atoms with Gasteiger partial charge in [0.05, 0.1) is 13.0 Å². The first-order valence-corrected chi connectivity index (χ1v) is 5.06. The molecule has 0 saturated heterocycles. The van der Waals surface area contributed by atoms with Gasteiger partial charge in [-0.2, -0.15) is 0 Å². The van der Waals surface area contributed by atoms with Crippen LogP contribution in [0.25, 0.3) is 0 Å². The third-order valence-corrected chi connectivity index (χ3v) is 1.93. The van der Waals surface area contributed by atoms with Crippen molar-refractivity contribution in [2.45, 2.75) is 39.2 Å². The third-order valence-electron chi connectivity index (χ3n) is 1.93. The number of hydrogen-bond donors (Lipinski definition) is 2. The van der Waals surface area contributed by atoms with Crippen molar-refractivity contribution in [2.24, 2.45) is 5.73 Å². The molecule has 0 aliphatic heterocycles. The molecular formula is C10H18N2O4. The molecule has 0 rings (SSSR count). The number of hydrogen-bond acceptors (Lipinski definition) is 4. The minimum Gasteiger partial charge on any atom is -0.466 e. The van der Waals surface area contributed by atoms with Gasteiger partial charge in [0, 0.05) is 6.42 Å². The number of primary amides is 1. The fourth-order valence-electron chi connectivity index (χ4n) is 0.921. The number of nitrogens with two attached hydrogens (primary N) is 1. The van der Waals surface area contributed by atoms with E-state index in [2.05, 4.69) is 10.1 Å². The summed E-state index contributed by atoms with van der Waals surface area (Å²) in [5.74, 6) is -1.47. The summed E-state index contributed by atoms with van der Waals surface area (Å²) in [6.07, 6.45) is -0.0238. The van der Waals surface area contributed by atoms with Crippen LogP contribution in [0.15, 0.2) is 0 Å². The maximum absolute atomic E-state index is 11.3. The molecule has 0 aliphatic rings. The normalized spacial score (nSPS) is 10.7. The highest BCUT2D eigenvalue weighted by Gasteiger charge is 2.26. The zero-order valence-electron chi connectivity index (χ0n) is 9.83. The molecule has 0 unspecified atom stereocenters. The quantitative estimate of drug-likeness (QED) is 0.612. The fraction of sp³-hybridized carbons (Fsp3) is 0.700. The first kappa shape index (κ1) is 14.4. The molecule has 6 heteroatoms. The van der Waals surface area contributed by atoms with Crippen LogP contribution in [0, 0.1) is 0 Å². The second-order valence-corrected chi connectivity index (χ2v) is 3.84. The van der Waals surface area contributed by atoms with Gasteiger partial charge in [-0.05, 0) is 20.8 Å². The lowest BCUT2D eigenvalue weighted by Gasteiger charge is -2.21. The number of carbonyl (C=O) groups excluding carboxylic acids is 3. The van der Waals surface area contributed by atoms with E-state index in [1.165, 1.54) is 13.8 Å². The number of esters is 1. The Bertz CT molecular complexity index is 287. The summed E-state index contributed by atoms with van der Waals surface area (Å²) in [6.45, 7) is 4.97. The summed E-state index contributed by atoms with van der Waals surface area (Å²) in [5, 5.41) is 2.43. The molecule has 0 spiro atoms. The van der Waals surface area contributed by atoms with E-state index in [0.717, 1.165) is 0 Å². The Kier molecular flexibility index (Phi) is 5.49. The molecule has 0 aliphatic carbocycles. The average molecular weight is 230 g/mol. The maximum Gasteiger partial charge on any atom is 0.306 e. The summed E-state index contributed by atoms with van der Waals surface area (Å²) >= 11 is 0. The number of rotatable bonds is 6. The molecule has 0 radical (unpaired) electrons. The lowest BCUT2D eigenvalue weighted by Crippen LogP contribution is -2.53. The zero-order valence-corrected chi connectivity index (χ0v) is 9.83. The molecule has 92 valence electrons. The Morgan fingerprint density at radius 1 is 1.25 bits per heavy atom. The molecule has 0 atom stereocenters. The zero-order chi connectivity index (χ0) is 12.8. The standard InChI is InChI=1S/C10H18N2O4/c1-4-16-8(14)6-5-7(13)12-10(2,3)9(11)15/h4-6H2,1-3H3,(H2,11,15)(H,12,13). The predicted molar refractivity (Wildman–Crippen MR) is 57.3 cm³/mol. The van der Waals surface area contributed by atoms with Crippen LogP contribution in [-0.2, 0) is 19.1 Å². The second kappa shape index (κ2) is 6.09. The average Bonchev–Trinajstić information content (AvgIpc) is 2.14. The Morgan fingerprint density at radius 2 is 1.81 bits per heavy atom. The van der Waals surface area contributed by atoms with Gasteiger partial charge in [0.15, 0.2) is 0 Å². The van der Waals surface area contributed by atoms with Crippen LogP contribution < -0.4 is 11.1 Å². The van der Waals surface area contributed by atoms with Crippen LogP contribution in [0.2, 0.25) is 0 Å². The highest BCUT2D eigenvalue weighted by Crippen LogP contribution is 2.02. The van der Waals surface area contributed by atoms with Crippen LogP contribution >= 0.6 is 0 Å². The van der Waals surface area contributed by atoms with E-state index in [-0.39, 0.29) is 19.4 Å². The van der Waals surface area contributed by atoms with E-state index in [1.54, 1.807) is 6.92 Å². The van der Waals surface area contributed by atoms with E-state index in [9.17, 15) is 14.4 Å². The number of amides is 2. The molecule has 0 heterocycles. The SMILES string of the molecule is CCOC(=O)CCC(=O)NC(C)(C)C(N)=O. The second-order valence-electron chi connectivity index (χ2n) is 3.84. The Morgan fingerprint density at radius 3 is 2.25 bits per heavy atom.